The summed E-state index contributed by atoms with van der Waals surface area (Å²) in [6, 6.07) is 14.1. The van der Waals surface area contributed by atoms with E-state index in [1.165, 1.54) is 16.5 Å². The number of hydrogen-bond donors (Lipinski definition) is 1. The molecule has 0 unspecified atom stereocenters. The van der Waals surface area contributed by atoms with Gasteiger partial charge >= 0.3 is 0 Å². The van der Waals surface area contributed by atoms with E-state index in [1.54, 1.807) is 48.3 Å². The Bertz CT molecular complexity index is 883. The number of hydrogen-bond acceptors (Lipinski definition) is 3. The molecule has 2 amide bonds. The standard InChI is InChI=1S/C22H22N2O3/c1-3-21(26)23(2)19-8-4-18(5-9-19)22(27)24-14-12-17(13-15-24)16-6-10-20(25)11-7-16/h3-12,25H,1,13-15H2,2H3. The molecule has 138 valence electrons. The molecule has 0 aliphatic carbocycles. The van der Waals surface area contributed by atoms with E-state index in [0.29, 0.717) is 24.3 Å². The molecule has 0 atom stereocenters. The van der Waals surface area contributed by atoms with Crippen LogP contribution in [0.1, 0.15) is 22.3 Å². The predicted octanol–water partition coefficient (Wildman–Crippen LogP) is 3.47. The van der Waals surface area contributed by atoms with E-state index in [2.05, 4.69) is 12.7 Å². The summed E-state index contributed by atoms with van der Waals surface area (Å²) in [6.07, 6.45) is 4.08. The van der Waals surface area contributed by atoms with Crippen LogP contribution in [0.5, 0.6) is 5.75 Å². The van der Waals surface area contributed by atoms with Crippen molar-refractivity contribution < 1.29 is 14.7 Å². The molecule has 0 bridgehead atoms. The lowest BCUT2D eigenvalue weighted by Gasteiger charge is -2.27. The van der Waals surface area contributed by atoms with E-state index >= 15 is 0 Å². The van der Waals surface area contributed by atoms with Gasteiger partial charge in [-0.3, -0.25) is 9.59 Å². The molecule has 0 saturated heterocycles. The first kappa shape index (κ1) is 18.5. The lowest BCUT2D eigenvalue weighted by molar-refractivity contribution is -0.113. The molecule has 0 saturated carbocycles. The van der Waals surface area contributed by atoms with Gasteiger partial charge in [0.15, 0.2) is 0 Å². The lowest BCUT2D eigenvalue weighted by atomic mass is 9.99. The second-order valence-electron chi connectivity index (χ2n) is 6.43. The molecule has 0 spiro atoms. The van der Waals surface area contributed by atoms with E-state index in [-0.39, 0.29) is 17.6 Å². The predicted molar refractivity (Wildman–Crippen MR) is 107 cm³/mol. The van der Waals surface area contributed by atoms with Gasteiger partial charge in [-0.05, 0) is 60.0 Å². The van der Waals surface area contributed by atoms with Gasteiger partial charge in [0.05, 0.1) is 0 Å². The molecule has 0 fully saturated rings. The first-order valence-electron chi connectivity index (χ1n) is 8.77. The quantitative estimate of drug-likeness (QED) is 0.847. The monoisotopic (exact) mass is 362 g/mol. The van der Waals surface area contributed by atoms with Gasteiger partial charge in [0.25, 0.3) is 5.91 Å². The van der Waals surface area contributed by atoms with Gasteiger partial charge in [-0.15, -0.1) is 0 Å². The summed E-state index contributed by atoms with van der Waals surface area (Å²) in [7, 11) is 1.67. The summed E-state index contributed by atoms with van der Waals surface area (Å²) >= 11 is 0. The van der Waals surface area contributed by atoms with Crippen molar-refractivity contribution in [2.24, 2.45) is 0 Å². The molecule has 0 radical (unpaired) electrons. The highest BCUT2D eigenvalue weighted by atomic mass is 16.3. The maximum atomic E-state index is 12.7. The van der Waals surface area contributed by atoms with Crippen molar-refractivity contribution in [1.82, 2.24) is 4.90 Å². The summed E-state index contributed by atoms with van der Waals surface area (Å²) in [5.41, 5.74) is 3.56. The zero-order valence-corrected chi connectivity index (χ0v) is 15.3. The van der Waals surface area contributed by atoms with E-state index in [1.807, 2.05) is 12.1 Å². The molecular weight excluding hydrogens is 340 g/mol. The number of phenols is 1. The number of rotatable bonds is 4. The minimum Gasteiger partial charge on any atom is -0.508 e. The van der Waals surface area contributed by atoms with Gasteiger partial charge < -0.3 is 14.9 Å². The van der Waals surface area contributed by atoms with Gasteiger partial charge in [0, 0.05) is 31.4 Å². The topological polar surface area (TPSA) is 60.9 Å². The van der Waals surface area contributed by atoms with Crippen molar-refractivity contribution in [3.05, 3.63) is 78.4 Å². The first-order chi connectivity index (χ1) is 13.0. The van der Waals surface area contributed by atoms with Crippen LogP contribution in [0.3, 0.4) is 0 Å². The molecule has 2 aromatic rings. The second-order valence-corrected chi connectivity index (χ2v) is 6.43. The van der Waals surface area contributed by atoms with Gasteiger partial charge in [0.1, 0.15) is 5.75 Å². The van der Waals surface area contributed by atoms with Crippen molar-refractivity contribution in [3.8, 4) is 5.75 Å². The van der Waals surface area contributed by atoms with E-state index in [0.717, 1.165) is 12.0 Å². The molecule has 2 aromatic carbocycles. The van der Waals surface area contributed by atoms with Crippen LogP contribution in [-0.2, 0) is 4.79 Å². The molecule has 1 heterocycles. The van der Waals surface area contributed by atoms with Gasteiger partial charge in [0.2, 0.25) is 5.91 Å². The average molecular weight is 362 g/mol. The van der Waals surface area contributed by atoms with Crippen LogP contribution in [-0.4, -0.2) is 42.0 Å². The third-order valence-corrected chi connectivity index (χ3v) is 4.74. The molecule has 1 N–H and O–H groups in total. The van der Waals surface area contributed by atoms with Crippen molar-refractivity contribution in [2.75, 3.05) is 25.0 Å². The van der Waals surface area contributed by atoms with E-state index in [9.17, 15) is 14.7 Å². The molecule has 5 heteroatoms. The zero-order valence-electron chi connectivity index (χ0n) is 15.3. The fourth-order valence-electron chi connectivity index (χ4n) is 3.07. The van der Waals surface area contributed by atoms with Crippen LogP contribution >= 0.6 is 0 Å². The average Bonchev–Trinajstić information content (AvgIpc) is 2.73. The number of anilines is 1. The zero-order chi connectivity index (χ0) is 19.4. The Morgan fingerprint density at radius 2 is 1.78 bits per heavy atom. The number of carbonyl (C=O) groups is 2. The number of carbonyl (C=O) groups excluding carboxylic acids is 2. The van der Waals surface area contributed by atoms with Crippen molar-refractivity contribution in [3.63, 3.8) is 0 Å². The van der Waals surface area contributed by atoms with Gasteiger partial charge in [-0.2, -0.15) is 0 Å². The summed E-state index contributed by atoms with van der Waals surface area (Å²) in [4.78, 5) is 27.7. The highest BCUT2D eigenvalue weighted by molar-refractivity contribution is 6.01. The van der Waals surface area contributed by atoms with E-state index < -0.39 is 0 Å². The van der Waals surface area contributed by atoms with Crippen LogP contribution in [0.25, 0.3) is 5.57 Å². The SMILES string of the molecule is C=CC(=O)N(C)c1ccc(C(=O)N2CC=C(c3ccc(O)cc3)CC2)cc1. The van der Waals surface area contributed by atoms with Crippen molar-refractivity contribution in [2.45, 2.75) is 6.42 Å². The molecular formula is C22H22N2O3. The third-order valence-electron chi connectivity index (χ3n) is 4.74. The largest absolute Gasteiger partial charge is 0.508 e. The number of likely N-dealkylation sites (N-methyl/N-ethyl adjacent to an activating group) is 1. The fraction of sp³-hybridized carbons (Fsp3) is 0.182. The van der Waals surface area contributed by atoms with Gasteiger partial charge in [-0.25, -0.2) is 0 Å². The summed E-state index contributed by atoms with van der Waals surface area (Å²) in [5, 5.41) is 9.40. The summed E-state index contributed by atoms with van der Waals surface area (Å²) in [5.74, 6) is 0.0214. The second kappa shape index (κ2) is 7.91. The van der Waals surface area contributed by atoms with Crippen molar-refractivity contribution in [1.29, 1.82) is 0 Å². The Balaban J connectivity index is 1.67. The fourth-order valence-corrected chi connectivity index (χ4v) is 3.07. The number of benzene rings is 2. The van der Waals surface area contributed by atoms with Gasteiger partial charge in [-0.1, -0.05) is 24.8 Å². The summed E-state index contributed by atoms with van der Waals surface area (Å²) in [6.45, 7) is 4.66. The number of nitrogens with zero attached hydrogens (tertiary/aromatic N) is 2. The molecule has 27 heavy (non-hydrogen) atoms. The maximum Gasteiger partial charge on any atom is 0.254 e. The Morgan fingerprint density at radius 3 is 2.33 bits per heavy atom. The highest BCUT2D eigenvalue weighted by Crippen LogP contribution is 2.25. The molecule has 5 nitrogen and oxygen atoms in total. The minimum absolute atomic E-state index is 0.0275. The highest BCUT2D eigenvalue weighted by Gasteiger charge is 2.19. The lowest BCUT2D eigenvalue weighted by Crippen LogP contribution is -2.34. The normalized spacial score (nSPS) is 13.7. The maximum absolute atomic E-state index is 12.7. The Labute approximate surface area is 158 Å². The molecule has 1 aliphatic rings. The third kappa shape index (κ3) is 4.08. The summed E-state index contributed by atoms with van der Waals surface area (Å²) < 4.78 is 0. The smallest absolute Gasteiger partial charge is 0.254 e. The first-order valence-corrected chi connectivity index (χ1v) is 8.77. The Hall–Kier alpha value is -3.34. The molecule has 1 aliphatic heterocycles. The van der Waals surface area contributed by atoms with Crippen LogP contribution in [0, 0.1) is 0 Å². The van der Waals surface area contributed by atoms with Crippen molar-refractivity contribution >= 4 is 23.1 Å². The van der Waals surface area contributed by atoms with Crippen LogP contribution in [0.15, 0.2) is 67.3 Å². The van der Waals surface area contributed by atoms with E-state index in [4.69, 9.17) is 0 Å². The molecule has 0 aromatic heterocycles. The number of aromatic hydroxyl groups is 1. The Morgan fingerprint density at radius 1 is 1.11 bits per heavy atom. The Kier molecular flexibility index (Phi) is 5.41. The molecule has 3 rings (SSSR count). The minimum atomic E-state index is -0.197. The van der Waals surface area contributed by atoms with Crippen LogP contribution in [0.4, 0.5) is 5.69 Å². The van der Waals surface area contributed by atoms with Crippen LogP contribution < -0.4 is 4.90 Å². The number of phenolic OH excluding ortho intramolecular Hbond substituents is 1. The van der Waals surface area contributed by atoms with Crippen LogP contribution in [0.2, 0.25) is 0 Å². The number of amides is 2.